The second-order valence-electron chi connectivity index (χ2n) is 3.72. The first-order chi connectivity index (χ1) is 9.50. The van der Waals surface area contributed by atoms with Crippen LogP contribution in [-0.4, -0.2) is 30.3 Å². The third-order valence-corrected chi connectivity index (χ3v) is 2.21. The van der Waals surface area contributed by atoms with Gasteiger partial charge in [-0.1, -0.05) is 18.2 Å². The number of carbonyl (C=O) groups is 1. The number of hydrogen-bond donors (Lipinski definition) is 1. The van der Waals surface area contributed by atoms with Crippen LogP contribution in [0.25, 0.3) is 0 Å². The van der Waals surface area contributed by atoms with E-state index in [0.29, 0.717) is 6.34 Å². The van der Waals surface area contributed by atoms with E-state index in [0.717, 1.165) is 0 Å². The standard InChI is InChI=1S/C11H7F7N2O/c12-9(13,10(14,15)11(16,17)18)8(21)20-6-19-7-4-2-1-3-5-7/h1-6H,(H,19,20,21). The van der Waals surface area contributed by atoms with Gasteiger partial charge < -0.3 is 5.32 Å². The maximum absolute atomic E-state index is 12.9. The summed E-state index contributed by atoms with van der Waals surface area (Å²) in [6, 6.07) is 7.47. The fraction of sp³-hybridized carbons (Fsp3) is 0.273. The lowest BCUT2D eigenvalue weighted by Gasteiger charge is -2.25. The van der Waals surface area contributed by atoms with Gasteiger partial charge in [0.2, 0.25) is 0 Å². The fourth-order valence-corrected chi connectivity index (χ4v) is 1.09. The average Bonchev–Trinajstić information content (AvgIpc) is 2.38. The highest BCUT2D eigenvalue weighted by atomic mass is 19.4. The van der Waals surface area contributed by atoms with E-state index in [9.17, 15) is 35.5 Å². The molecule has 0 aromatic heterocycles. The van der Waals surface area contributed by atoms with Crippen LogP contribution in [0, 0.1) is 0 Å². The Bertz CT molecular complexity index is 525. The summed E-state index contributed by atoms with van der Waals surface area (Å²) in [4.78, 5) is 13.1. The van der Waals surface area contributed by atoms with Crippen LogP contribution < -0.4 is 5.32 Å². The summed E-state index contributed by atoms with van der Waals surface area (Å²) in [5.74, 6) is -15.4. The lowest BCUT2D eigenvalue weighted by atomic mass is 10.1. The normalized spacial score (nSPS) is 13.5. The quantitative estimate of drug-likeness (QED) is 0.525. The molecule has 1 amide bonds. The number of alkyl halides is 7. The van der Waals surface area contributed by atoms with Gasteiger partial charge in [-0.2, -0.15) is 35.7 Å². The summed E-state index contributed by atoms with van der Waals surface area (Å²) >= 11 is 0. The molecule has 21 heavy (non-hydrogen) atoms. The number of rotatable bonds is 4. The monoisotopic (exact) mass is 316 g/mol. The van der Waals surface area contributed by atoms with E-state index in [-0.39, 0.29) is 5.69 Å². The van der Waals surface area contributed by atoms with Crippen molar-refractivity contribution in [3.63, 3.8) is 0 Å². The second kappa shape index (κ2) is 5.70. The number of nitrogens with one attached hydrogen (secondary N) is 1. The lowest BCUT2D eigenvalue weighted by Crippen LogP contribution is -2.55. The number of halogens is 7. The van der Waals surface area contributed by atoms with Crippen LogP contribution >= 0.6 is 0 Å². The SMILES string of the molecule is O=C(N=CNc1ccccc1)C(F)(F)C(F)(F)C(F)(F)F. The number of amides is 1. The van der Waals surface area contributed by atoms with Crippen molar-refractivity contribution in [3.8, 4) is 0 Å². The Morgan fingerprint density at radius 2 is 1.52 bits per heavy atom. The van der Waals surface area contributed by atoms with Gasteiger partial charge in [0.1, 0.15) is 0 Å². The molecule has 0 aliphatic carbocycles. The molecule has 10 heteroatoms. The molecule has 0 unspecified atom stereocenters. The Morgan fingerprint density at radius 1 is 1.00 bits per heavy atom. The highest BCUT2D eigenvalue weighted by Gasteiger charge is 2.76. The molecule has 3 nitrogen and oxygen atoms in total. The lowest BCUT2D eigenvalue weighted by molar-refractivity contribution is -0.343. The van der Waals surface area contributed by atoms with Gasteiger partial charge >= 0.3 is 23.9 Å². The van der Waals surface area contributed by atoms with Gasteiger partial charge in [0, 0.05) is 5.69 Å². The number of hydrogen-bond acceptors (Lipinski definition) is 1. The van der Waals surface area contributed by atoms with E-state index < -0.39 is 23.9 Å². The van der Waals surface area contributed by atoms with Crippen molar-refractivity contribution in [1.82, 2.24) is 0 Å². The zero-order valence-corrected chi connectivity index (χ0v) is 9.97. The smallest absolute Gasteiger partial charge is 0.346 e. The van der Waals surface area contributed by atoms with Crippen molar-refractivity contribution in [2.45, 2.75) is 18.0 Å². The Labute approximate surface area is 113 Å². The highest BCUT2D eigenvalue weighted by Crippen LogP contribution is 2.46. The molecule has 0 saturated heterocycles. The minimum Gasteiger partial charge on any atom is -0.346 e. The van der Waals surface area contributed by atoms with Crippen LogP contribution in [-0.2, 0) is 4.79 Å². The zero-order chi connectivity index (χ0) is 16.3. The van der Waals surface area contributed by atoms with E-state index in [1.807, 2.05) is 0 Å². The van der Waals surface area contributed by atoms with Crippen LogP contribution in [0.4, 0.5) is 36.4 Å². The van der Waals surface area contributed by atoms with Crippen molar-refractivity contribution in [2.24, 2.45) is 4.99 Å². The second-order valence-corrected chi connectivity index (χ2v) is 3.72. The van der Waals surface area contributed by atoms with E-state index in [1.54, 1.807) is 6.07 Å². The maximum atomic E-state index is 12.9. The molecule has 0 atom stereocenters. The van der Waals surface area contributed by atoms with Crippen LogP contribution in [0.1, 0.15) is 0 Å². The van der Waals surface area contributed by atoms with Gasteiger partial charge in [0.15, 0.2) is 0 Å². The third-order valence-electron chi connectivity index (χ3n) is 2.21. The minimum atomic E-state index is -6.57. The van der Waals surface area contributed by atoms with Crippen LogP contribution in [0.5, 0.6) is 0 Å². The fourth-order valence-electron chi connectivity index (χ4n) is 1.09. The molecule has 0 saturated carbocycles. The Balaban J connectivity index is 2.83. The maximum Gasteiger partial charge on any atom is 0.460 e. The summed E-state index contributed by atoms with van der Waals surface area (Å²) in [5.41, 5.74) is 0.264. The summed E-state index contributed by atoms with van der Waals surface area (Å²) < 4.78 is 86.2. The Hall–Kier alpha value is -2.13. The predicted octanol–water partition coefficient (Wildman–Crippen LogP) is 3.49. The molecule has 0 spiro atoms. The molecule has 0 fully saturated rings. The number of para-hydroxylation sites is 1. The number of anilines is 1. The first-order valence-electron chi connectivity index (χ1n) is 5.21. The van der Waals surface area contributed by atoms with Crippen molar-refractivity contribution < 1.29 is 35.5 Å². The van der Waals surface area contributed by atoms with E-state index in [4.69, 9.17) is 0 Å². The van der Waals surface area contributed by atoms with Gasteiger partial charge in [0.05, 0.1) is 6.34 Å². The molecule has 0 aliphatic rings. The number of benzene rings is 1. The summed E-state index contributed by atoms with van der Waals surface area (Å²) in [6.07, 6.45) is -6.27. The van der Waals surface area contributed by atoms with Gasteiger partial charge in [-0.15, -0.1) is 0 Å². The van der Waals surface area contributed by atoms with Crippen molar-refractivity contribution in [3.05, 3.63) is 30.3 Å². The molecule has 116 valence electrons. The molecular weight excluding hydrogens is 309 g/mol. The largest absolute Gasteiger partial charge is 0.460 e. The molecular formula is C11H7F7N2O. The third kappa shape index (κ3) is 3.50. The summed E-state index contributed by atoms with van der Waals surface area (Å²) in [6.45, 7) is 0. The van der Waals surface area contributed by atoms with Crippen LogP contribution in [0.2, 0.25) is 0 Å². The van der Waals surface area contributed by atoms with E-state index in [2.05, 4.69) is 10.3 Å². The Kier molecular flexibility index (Phi) is 4.59. The first-order valence-corrected chi connectivity index (χ1v) is 5.21. The molecule has 0 aliphatic heterocycles. The minimum absolute atomic E-state index is 0.264. The van der Waals surface area contributed by atoms with Crippen LogP contribution in [0.15, 0.2) is 35.3 Å². The molecule has 0 bridgehead atoms. The number of aliphatic imine (C=N–C) groups is 1. The molecule has 1 aromatic carbocycles. The zero-order valence-electron chi connectivity index (χ0n) is 9.97. The highest BCUT2D eigenvalue weighted by molar-refractivity contribution is 5.93. The van der Waals surface area contributed by atoms with Gasteiger partial charge in [-0.25, -0.2) is 0 Å². The van der Waals surface area contributed by atoms with Gasteiger partial charge in [0.25, 0.3) is 0 Å². The summed E-state index contributed by atoms with van der Waals surface area (Å²) in [7, 11) is 0. The molecule has 0 heterocycles. The van der Waals surface area contributed by atoms with Gasteiger partial charge in [-0.3, -0.25) is 4.79 Å². The predicted molar refractivity (Wildman–Crippen MR) is 59.5 cm³/mol. The number of carbonyl (C=O) groups excluding carboxylic acids is 1. The van der Waals surface area contributed by atoms with Crippen molar-refractivity contribution in [2.75, 3.05) is 5.32 Å². The number of nitrogens with zero attached hydrogens (tertiary/aromatic N) is 1. The first kappa shape index (κ1) is 16.9. The van der Waals surface area contributed by atoms with Crippen molar-refractivity contribution >= 4 is 17.9 Å². The average molecular weight is 316 g/mol. The van der Waals surface area contributed by atoms with Gasteiger partial charge in [-0.05, 0) is 12.1 Å². The summed E-state index contributed by atoms with van der Waals surface area (Å²) in [5, 5.41) is 2.17. The van der Waals surface area contributed by atoms with E-state index >= 15 is 0 Å². The molecule has 1 N–H and O–H groups in total. The molecule has 1 rings (SSSR count). The molecule has 1 aromatic rings. The topological polar surface area (TPSA) is 41.5 Å². The van der Waals surface area contributed by atoms with Crippen LogP contribution in [0.3, 0.4) is 0 Å². The molecule has 0 radical (unpaired) electrons. The van der Waals surface area contributed by atoms with Crippen molar-refractivity contribution in [1.29, 1.82) is 0 Å². The van der Waals surface area contributed by atoms with E-state index in [1.165, 1.54) is 24.3 Å². The Morgan fingerprint density at radius 3 is 2.00 bits per heavy atom.